The Bertz CT molecular complexity index is 976. The molecule has 2 aromatic carbocycles. The topological polar surface area (TPSA) is 67.9 Å². The second-order valence-corrected chi connectivity index (χ2v) is 7.69. The van der Waals surface area contributed by atoms with Gasteiger partial charge in [-0.15, -0.1) is 0 Å². The predicted molar refractivity (Wildman–Crippen MR) is 113 cm³/mol. The number of hydrogen-bond donors (Lipinski definition) is 1. The highest BCUT2D eigenvalue weighted by atomic mass is 35.5. The van der Waals surface area contributed by atoms with Crippen LogP contribution in [0.4, 0.5) is 0 Å². The molecule has 0 bridgehead atoms. The minimum Gasteiger partial charge on any atom is -0.497 e. The van der Waals surface area contributed by atoms with Gasteiger partial charge in [0.15, 0.2) is 4.32 Å². The van der Waals surface area contributed by atoms with Gasteiger partial charge in [0.05, 0.1) is 19.1 Å². The van der Waals surface area contributed by atoms with Crippen molar-refractivity contribution in [2.45, 2.75) is 0 Å². The van der Waals surface area contributed by atoms with Gasteiger partial charge in [-0.05, 0) is 54.7 Å². The van der Waals surface area contributed by atoms with E-state index < -0.39 is 11.8 Å². The zero-order chi connectivity index (χ0) is 20.3. The minimum atomic E-state index is -0.462. The molecule has 0 spiro atoms. The van der Waals surface area contributed by atoms with Crippen LogP contribution in [0.25, 0.3) is 6.08 Å². The fourth-order valence-electron chi connectivity index (χ4n) is 2.41. The highest BCUT2D eigenvalue weighted by molar-refractivity contribution is 8.26. The third-order valence-electron chi connectivity index (χ3n) is 3.84. The molecule has 2 aromatic rings. The molecule has 0 radical (unpaired) electrons. The Kier molecular flexibility index (Phi) is 6.23. The molecule has 2 amide bonds. The Labute approximate surface area is 176 Å². The number of methoxy groups -OCH3 is 2. The molecule has 1 N–H and O–H groups in total. The highest BCUT2D eigenvalue weighted by Gasteiger charge is 2.34. The molecule has 0 aromatic heterocycles. The van der Waals surface area contributed by atoms with E-state index in [1.165, 1.54) is 7.11 Å². The van der Waals surface area contributed by atoms with Crippen molar-refractivity contribution < 1.29 is 19.1 Å². The summed E-state index contributed by atoms with van der Waals surface area (Å²) < 4.78 is 10.7. The Morgan fingerprint density at radius 3 is 2.54 bits per heavy atom. The SMILES string of the molecule is COc1ccc(C=C2SC(=S)N(NC(=O)c3ccc(Cl)cc3)C2=O)c(OC)c1. The summed E-state index contributed by atoms with van der Waals surface area (Å²) in [6.45, 7) is 0. The molecule has 1 aliphatic heterocycles. The van der Waals surface area contributed by atoms with Gasteiger partial charge in [-0.3, -0.25) is 15.0 Å². The lowest BCUT2D eigenvalue weighted by molar-refractivity contribution is -0.123. The van der Waals surface area contributed by atoms with Crippen molar-refractivity contribution in [2.75, 3.05) is 14.2 Å². The van der Waals surface area contributed by atoms with Crippen LogP contribution in [0.5, 0.6) is 11.5 Å². The standard InChI is InChI=1S/C19H15ClN2O4S2/c1-25-14-8-5-12(15(10-14)26-2)9-16-18(24)22(19(27)28-16)21-17(23)11-3-6-13(20)7-4-11/h3-10H,1-2H3,(H,21,23). The first kappa shape index (κ1) is 20.2. The number of carbonyl (C=O) groups excluding carboxylic acids is 2. The maximum Gasteiger partial charge on any atom is 0.285 e. The van der Waals surface area contributed by atoms with E-state index in [0.29, 0.717) is 32.6 Å². The van der Waals surface area contributed by atoms with E-state index in [2.05, 4.69) is 5.43 Å². The molecule has 144 valence electrons. The summed E-state index contributed by atoms with van der Waals surface area (Å²) in [5.74, 6) is 0.304. The van der Waals surface area contributed by atoms with Crippen molar-refractivity contribution in [3.63, 3.8) is 0 Å². The summed E-state index contributed by atoms with van der Waals surface area (Å²) in [4.78, 5) is 25.4. The van der Waals surface area contributed by atoms with Crippen LogP contribution in [0.2, 0.25) is 5.02 Å². The molecule has 0 atom stereocenters. The van der Waals surface area contributed by atoms with Crippen molar-refractivity contribution in [2.24, 2.45) is 0 Å². The molecular formula is C19H15ClN2O4S2. The third-order valence-corrected chi connectivity index (χ3v) is 5.39. The number of halogens is 1. The van der Waals surface area contributed by atoms with Crippen molar-refractivity contribution >= 4 is 57.8 Å². The number of nitrogens with zero attached hydrogens (tertiary/aromatic N) is 1. The number of carbonyl (C=O) groups is 2. The molecule has 1 aliphatic rings. The molecular weight excluding hydrogens is 420 g/mol. The van der Waals surface area contributed by atoms with Crippen LogP contribution in [-0.4, -0.2) is 35.4 Å². The zero-order valence-electron chi connectivity index (χ0n) is 14.9. The summed E-state index contributed by atoms with van der Waals surface area (Å²) in [7, 11) is 3.09. The maximum atomic E-state index is 12.7. The molecule has 6 nitrogen and oxygen atoms in total. The van der Waals surface area contributed by atoms with Crippen molar-refractivity contribution in [1.82, 2.24) is 10.4 Å². The molecule has 1 fully saturated rings. The van der Waals surface area contributed by atoms with Crippen LogP contribution in [0.3, 0.4) is 0 Å². The van der Waals surface area contributed by atoms with Crippen LogP contribution < -0.4 is 14.9 Å². The average Bonchev–Trinajstić information content (AvgIpc) is 2.96. The number of ether oxygens (including phenoxy) is 2. The summed E-state index contributed by atoms with van der Waals surface area (Å²) in [5.41, 5.74) is 3.57. The van der Waals surface area contributed by atoms with E-state index in [0.717, 1.165) is 16.8 Å². The second kappa shape index (κ2) is 8.64. The van der Waals surface area contributed by atoms with Gasteiger partial charge in [0.2, 0.25) is 0 Å². The van der Waals surface area contributed by atoms with Crippen LogP contribution in [-0.2, 0) is 4.79 Å². The Balaban J connectivity index is 1.80. The van der Waals surface area contributed by atoms with Crippen molar-refractivity contribution in [3.8, 4) is 11.5 Å². The fourth-order valence-corrected chi connectivity index (χ4v) is 3.71. The largest absolute Gasteiger partial charge is 0.497 e. The van der Waals surface area contributed by atoms with Gasteiger partial charge in [0, 0.05) is 22.2 Å². The Hall–Kier alpha value is -2.55. The molecule has 1 saturated heterocycles. The molecule has 0 saturated carbocycles. The quantitative estimate of drug-likeness (QED) is 0.568. The lowest BCUT2D eigenvalue weighted by Crippen LogP contribution is -2.44. The van der Waals surface area contributed by atoms with Gasteiger partial charge >= 0.3 is 0 Å². The summed E-state index contributed by atoms with van der Waals surface area (Å²) in [6.07, 6.45) is 1.66. The first-order valence-electron chi connectivity index (χ1n) is 7.99. The number of nitrogens with one attached hydrogen (secondary N) is 1. The number of benzene rings is 2. The van der Waals surface area contributed by atoms with Crippen molar-refractivity contribution in [3.05, 3.63) is 63.5 Å². The summed E-state index contributed by atoms with van der Waals surface area (Å²) in [6, 6.07) is 11.6. The van der Waals surface area contributed by atoms with E-state index in [9.17, 15) is 9.59 Å². The lowest BCUT2D eigenvalue weighted by Gasteiger charge is -2.15. The van der Waals surface area contributed by atoms with Crippen molar-refractivity contribution in [1.29, 1.82) is 0 Å². The van der Waals surface area contributed by atoms with Gasteiger partial charge in [0.25, 0.3) is 11.8 Å². The van der Waals surface area contributed by atoms with E-state index in [-0.39, 0.29) is 4.32 Å². The molecule has 1 heterocycles. The molecule has 3 rings (SSSR count). The number of thioether (sulfide) groups is 1. The Morgan fingerprint density at radius 1 is 1.18 bits per heavy atom. The van der Waals surface area contributed by atoms with E-state index in [1.54, 1.807) is 55.7 Å². The van der Waals surface area contributed by atoms with Gasteiger partial charge in [-0.2, -0.15) is 5.01 Å². The number of rotatable bonds is 5. The first-order valence-corrected chi connectivity index (χ1v) is 9.59. The third kappa shape index (κ3) is 4.30. The summed E-state index contributed by atoms with van der Waals surface area (Å²) >= 11 is 12.2. The number of amides is 2. The molecule has 9 heteroatoms. The van der Waals surface area contributed by atoms with E-state index >= 15 is 0 Å². The molecule has 0 unspecified atom stereocenters. The number of thiocarbonyl (C=S) groups is 1. The average molecular weight is 435 g/mol. The fraction of sp³-hybridized carbons (Fsp3) is 0.105. The monoisotopic (exact) mass is 434 g/mol. The number of hydrogen-bond acceptors (Lipinski definition) is 6. The van der Waals surface area contributed by atoms with Crippen LogP contribution in [0.1, 0.15) is 15.9 Å². The first-order chi connectivity index (χ1) is 13.4. The predicted octanol–water partition coefficient (Wildman–Crippen LogP) is 3.90. The molecule has 28 heavy (non-hydrogen) atoms. The van der Waals surface area contributed by atoms with Crippen LogP contribution in [0.15, 0.2) is 47.4 Å². The summed E-state index contributed by atoms with van der Waals surface area (Å²) in [5, 5.41) is 1.57. The van der Waals surface area contributed by atoms with Crippen LogP contribution >= 0.6 is 35.6 Å². The van der Waals surface area contributed by atoms with Gasteiger partial charge in [-0.1, -0.05) is 23.4 Å². The highest BCUT2D eigenvalue weighted by Crippen LogP contribution is 2.34. The zero-order valence-corrected chi connectivity index (χ0v) is 17.3. The Morgan fingerprint density at radius 2 is 1.89 bits per heavy atom. The molecule has 0 aliphatic carbocycles. The minimum absolute atomic E-state index is 0.228. The normalized spacial score (nSPS) is 15.1. The maximum absolute atomic E-state index is 12.7. The number of hydrazine groups is 1. The van der Waals surface area contributed by atoms with E-state index in [1.807, 2.05) is 0 Å². The van der Waals surface area contributed by atoms with Crippen LogP contribution in [0, 0.1) is 0 Å². The lowest BCUT2D eigenvalue weighted by atomic mass is 10.1. The van der Waals surface area contributed by atoms with Gasteiger partial charge < -0.3 is 9.47 Å². The van der Waals surface area contributed by atoms with E-state index in [4.69, 9.17) is 33.3 Å². The van der Waals surface area contributed by atoms with Gasteiger partial charge in [0.1, 0.15) is 11.5 Å². The second-order valence-electron chi connectivity index (χ2n) is 5.57. The smallest absolute Gasteiger partial charge is 0.285 e. The van der Waals surface area contributed by atoms with Gasteiger partial charge in [-0.25, -0.2) is 0 Å².